The van der Waals surface area contributed by atoms with E-state index in [-0.39, 0.29) is 24.0 Å². The maximum absolute atomic E-state index is 12.2. The number of aliphatic hydroxyl groups excluding tert-OH is 1. The summed E-state index contributed by atoms with van der Waals surface area (Å²) in [6.07, 6.45) is 2.84. The van der Waals surface area contributed by atoms with Gasteiger partial charge in [0.25, 0.3) is 0 Å². The molecule has 1 heterocycles. The first-order chi connectivity index (χ1) is 7.14. The number of nitrogens with two attached hydrogens (primary N) is 1. The van der Waals surface area contributed by atoms with Crippen LogP contribution < -0.4 is 5.73 Å². The Morgan fingerprint density at radius 1 is 1.60 bits per heavy atom. The largest absolute Gasteiger partial charge is 0.394 e. The highest BCUT2D eigenvalue weighted by Gasteiger charge is 2.52. The zero-order valence-electron chi connectivity index (χ0n) is 9.28. The summed E-state index contributed by atoms with van der Waals surface area (Å²) < 4.78 is 0. The molecule has 0 aromatic rings. The summed E-state index contributed by atoms with van der Waals surface area (Å²) in [7, 11) is 0. The van der Waals surface area contributed by atoms with Crippen LogP contribution in [0.5, 0.6) is 0 Å². The number of hydrogen-bond donors (Lipinski definition) is 2. The van der Waals surface area contributed by atoms with E-state index in [1.807, 2.05) is 4.90 Å². The summed E-state index contributed by atoms with van der Waals surface area (Å²) in [5, 5.41) is 9.29. The van der Waals surface area contributed by atoms with E-state index in [1.165, 1.54) is 0 Å². The van der Waals surface area contributed by atoms with Gasteiger partial charge in [0, 0.05) is 13.1 Å². The molecule has 0 spiro atoms. The fraction of sp³-hybridized carbons (Fsp3) is 0.909. The van der Waals surface area contributed by atoms with E-state index in [9.17, 15) is 9.90 Å². The van der Waals surface area contributed by atoms with Crippen molar-refractivity contribution >= 4 is 5.91 Å². The normalized spacial score (nSPS) is 33.1. The van der Waals surface area contributed by atoms with Gasteiger partial charge in [-0.3, -0.25) is 4.79 Å². The van der Waals surface area contributed by atoms with Crippen molar-refractivity contribution in [1.82, 2.24) is 4.90 Å². The van der Waals surface area contributed by atoms with Gasteiger partial charge in [-0.1, -0.05) is 6.92 Å². The number of amides is 1. The van der Waals surface area contributed by atoms with Gasteiger partial charge in [0.15, 0.2) is 0 Å². The minimum Gasteiger partial charge on any atom is -0.394 e. The quantitative estimate of drug-likeness (QED) is 0.689. The molecule has 2 fully saturated rings. The van der Waals surface area contributed by atoms with Crippen LogP contribution in [0.15, 0.2) is 0 Å². The SMILES string of the molecule is CC1CCN(C(=O)C2(CN)CC2)C1CO. The molecule has 0 radical (unpaired) electrons. The van der Waals surface area contributed by atoms with Crippen LogP contribution in [0.2, 0.25) is 0 Å². The molecule has 1 aliphatic carbocycles. The predicted octanol–water partition coefficient (Wildman–Crippen LogP) is -0.0454. The van der Waals surface area contributed by atoms with Gasteiger partial charge in [0.2, 0.25) is 5.91 Å². The molecule has 4 nitrogen and oxygen atoms in total. The van der Waals surface area contributed by atoms with Crippen LogP contribution in [0, 0.1) is 11.3 Å². The molecule has 2 unspecified atom stereocenters. The Kier molecular flexibility index (Phi) is 2.73. The summed E-state index contributed by atoms with van der Waals surface area (Å²) >= 11 is 0. The minimum absolute atomic E-state index is 0.0153. The first kappa shape index (κ1) is 10.9. The lowest BCUT2D eigenvalue weighted by atomic mass is 10.0. The summed E-state index contributed by atoms with van der Waals surface area (Å²) in [6.45, 7) is 3.41. The lowest BCUT2D eigenvalue weighted by molar-refractivity contribution is -0.138. The van der Waals surface area contributed by atoms with Gasteiger partial charge >= 0.3 is 0 Å². The highest BCUT2D eigenvalue weighted by atomic mass is 16.3. The van der Waals surface area contributed by atoms with E-state index >= 15 is 0 Å². The summed E-state index contributed by atoms with van der Waals surface area (Å²) in [5.41, 5.74) is 5.38. The highest BCUT2D eigenvalue weighted by Crippen LogP contribution is 2.47. The average Bonchev–Trinajstić information content (AvgIpc) is 2.96. The molecule has 2 atom stereocenters. The monoisotopic (exact) mass is 212 g/mol. The molecule has 0 aromatic carbocycles. The zero-order valence-corrected chi connectivity index (χ0v) is 9.28. The number of carbonyl (C=O) groups excluding carboxylic acids is 1. The lowest BCUT2D eigenvalue weighted by Crippen LogP contribution is -2.45. The standard InChI is InChI=1S/C11H20N2O2/c1-8-2-5-13(9(8)6-14)10(15)11(7-12)3-4-11/h8-9,14H,2-7,12H2,1H3. The topological polar surface area (TPSA) is 66.6 Å². The molecular formula is C11H20N2O2. The third-order valence-corrected chi connectivity index (χ3v) is 4.03. The number of nitrogens with zero attached hydrogens (tertiary/aromatic N) is 1. The minimum atomic E-state index is -0.266. The van der Waals surface area contributed by atoms with E-state index in [2.05, 4.69) is 6.92 Å². The fourth-order valence-corrected chi connectivity index (χ4v) is 2.50. The van der Waals surface area contributed by atoms with Crippen molar-refractivity contribution in [3.63, 3.8) is 0 Å². The Hall–Kier alpha value is -0.610. The fourth-order valence-electron chi connectivity index (χ4n) is 2.50. The second-order valence-electron chi connectivity index (χ2n) is 5.00. The third kappa shape index (κ3) is 1.66. The number of rotatable bonds is 3. The van der Waals surface area contributed by atoms with E-state index < -0.39 is 0 Å². The number of carbonyl (C=O) groups is 1. The van der Waals surface area contributed by atoms with Gasteiger partial charge in [0.05, 0.1) is 18.1 Å². The molecule has 1 amide bonds. The maximum atomic E-state index is 12.2. The molecule has 86 valence electrons. The first-order valence-corrected chi connectivity index (χ1v) is 5.76. The van der Waals surface area contributed by atoms with E-state index in [1.54, 1.807) is 0 Å². The number of hydrogen-bond acceptors (Lipinski definition) is 3. The van der Waals surface area contributed by atoms with E-state index in [0.717, 1.165) is 25.8 Å². The van der Waals surface area contributed by atoms with Gasteiger partial charge in [-0.25, -0.2) is 0 Å². The Bertz CT molecular complexity index is 263. The second-order valence-corrected chi connectivity index (χ2v) is 5.00. The Morgan fingerprint density at radius 3 is 2.73 bits per heavy atom. The van der Waals surface area contributed by atoms with Crippen LogP contribution in [-0.4, -0.2) is 41.7 Å². The molecular weight excluding hydrogens is 192 g/mol. The van der Waals surface area contributed by atoms with Crippen LogP contribution in [0.3, 0.4) is 0 Å². The molecule has 1 saturated heterocycles. The van der Waals surface area contributed by atoms with Crippen molar-refractivity contribution in [3.8, 4) is 0 Å². The molecule has 15 heavy (non-hydrogen) atoms. The molecule has 0 aromatic heterocycles. The molecule has 1 saturated carbocycles. The Labute approximate surface area is 90.4 Å². The summed E-state index contributed by atoms with van der Waals surface area (Å²) in [6, 6.07) is 0.0153. The van der Waals surface area contributed by atoms with Crippen LogP contribution in [-0.2, 0) is 4.79 Å². The van der Waals surface area contributed by atoms with Crippen LogP contribution in [0.4, 0.5) is 0 Å². The molecule has 3 N–H and O–H groups in total. The van der Waals surface area contributed by atoms with Crippen molar-refractivity contribution in [1.29, 1.82) is 0 Å². The number of aliphatic hydroxyl groups is 1. The van der Waals surface area contributed by atoms with Crippen molar-refractivity contribution in [2.45, 2.75) is 32.2 Å². The van der Waals surface area contributed by atoms with E-state index in [4.69, 9.17) is 5.73 Å². The third-order valence-electron chi connectivity index (χ3n) is 4.03. The lowest BCUT2D eigenvalue weighted by Gasteiger charge is -2.28. The van der Waals surface area contributed by atoms with Crippen LogP contribution >= 0.6 is 0 Å². The van der Waals surface area contributed by atoms with Gasteiger partial charge in [-0.15, -0.1) is 0 Å². The van der Waals surface area contributed by atoms with Crippen molar-refractivity contribution in [2.75, 3.05) is 19.7 Å². The van der Waals surface area contributed by atoms with Crippen molar-refractivity contribution < 1.29 is 9.90 Å². The smallest absolute Gasteiger partial charge is 0.230 e. The average molecular weight is 212 g/mol. The Morgan fingerprint density at radius 2 is 2.27 bits per heavy atom. The van der Waals surface area contributed by atoms with Gasteiger partial charge in [-0.2, -0.15) is 0 Å². The van der Waals surface area contributed by atoms with Crippen molar-refractivity contribution in [2.24, 2.45) is 17.1 Å². The predicted molar refractivity (Wildman–Crippen MR) is 57.1 cm³/mol. The second kappa shape index (κ2) is 3.76. The molecule has 2 aliphatic rings. The van der Waals surface area contributed by atoms with Crippen LogP contribution in [0.25, 0.3) is 0 Å². The van der Waals surface area contributed by atoms with E-state index in [0.29, 0.717) is 12.5 Å². The summed E-state index contributed by atoms with van der Waals surface area (Å²) in [5.74, 6) is 0.584. The molecule has 4 heteroatoms. The maximum Gasteiger partial charge on any atom is 0.230 e. The Balaban J connectivity index is 2.07. The van der Waals surface area contributed by atoms with Gasteiger partial charge in [0.1, 0.15) is 0 Å². The highest BCUT2D eigenvalue weighted by molar-refractivity contribution is 5.86. The van der Waals surface area contributed by atoms with Gasteiger partial charge in [-0.05, 0) is 25.2 Å². The molecule has 0 bridgehead atoms. The van der Waals surface area contributed by atoms with Crippen LogP contribution in [0.1, 0.15) is 26.2 Å². The summed E-state index contributed by atoms with van der Waals surface area (Å²) in [4.78, 5) is 14.1. The molecule has 2 rings (SSSR count). The first-order valence-electron chi connectivity index (χ1n) is 5.76. The number of likely N-dealkylation sites (tertiary alicyclic amines) is 1. The zero-order chi connectivity index (χ0) is 11.1. The molecule has 1 aliphatic heterocycles. The van der Waals surface area contributed by atoms with Gasteiger partial charge < -0.3 is 15.7 Å². The van der Waals surface area contributed by atoms with Crippen molar-refractivity contribution in [3.05, 3.63) is 0 Å².